The fraction of sp³-hybridized carbons (Fsp3) is 0.524. The van der Waals surface area contributed by atoms with Crippen LogP contribution in [0.25, 0.3) is 0 Å². The van der Waals surface area contributed by atoms with Crippen LogP contribution in [0.3, 0.4) is 0 Å². The van der Waals surface area contributed by atoms with Gasteiger partial charge in [0.05, 0.1) is 6.04 Å². The van der Waals surface area contributed by atoms with E-state index in [4.69, 9.17) is 10.5 Å². The fourth-order valence-electron chi connectivity index (χ4n) is 2.86. The zero-order valence-electron chi connectivity index (χ0n) is 17.8. The van der Waals surface area contributed by atoms with Gasteiger partial charge in [0, 0.05) is 19.4 Å². The number of nitrogens with one attached hydrogen (secondary N) is 1. The number of hydrogen-bond acceptors (Lipinski definition) is 6. The second-order valence-electron chi connectivity index (χ2n) is 8.01. The molecular weight excluding hydrogens is 370 g/mol. The van der Waals surface area contributed by atoms with E-state index in [0.29, 0.717) is 18.8 Å². The molecule has 0 saturated heterocycles. The topological polar surface area (TPSA) is 112 Å². The number of esters is 1. The molecule has 1 aromatic carbocycles. The molecule has 2 rings (SSSR count). The third-order valence-electron chi connectivity index (χ3n) is 4.28. The first-order chi connectivity index (χ1) is 13.6. The fourth-order valence-corrected chi connectivity index (χ4v) is 2.86. The number of ether oxygens (including phenoxy) is 1. The molecule has 0 saturated carbocycles. The summed E-state index contributed by atoms with van der Waals surface area (Å²) >= 11 is 0. The summed E-state index contributed by atoms with van der Waals surface area (Å²) in [4.78, 5) is 24.5. The van der Waals surface area contributed by atoms with Crippen LogP contribution in [0.15, 0.2) is 30.3 Å². The minimum Gasteiger partial charge on any atom is -0.458 e. The number of aromatic nitrogens is 3. The average molecular weight is 402 g/mol. The third kappa shape index (κ3) is 6.67. The van der Waals surface area contributed by atoms with Gasteiger partial charge in [0.2, 0.25) is 5.91 Å². The molecule has 0 spiro atoms. The first-order valence-corrected chi connectivity index (χ1v) is 9.84. The molecule has 0 aliphatic carbocycles. The van der Waals surface area contributed by atoms with E-state index in [1.807, 2.05) is 41.8 Å². The molecule has 1 heterocycles. The van der Waals surface area contributed by atoms with Crippen molar-refractivity contribution in [1.82, 2.24) is 20.1 Å². The first-order valence-electron chi connectivity index (χ1n) is 9.84. The SMILES string of the molecule is CCn1c(Cc2ccccc2)nnc1C[C@H](N)C(=O)N[C@@H](C)C(=O)OC(C)(C)C. The molecule has 0 unspecified atom stereocenters. The van der Waals surface area contributed by atoms with Crippen molar-refractivity contribution in [2.24, 2.45) is 5.73 Å². The van der Waals surface area contributed by atoms with Crippen molar-refractivity contribution in [2.75, 3.05) is 0 Å². The van der Waals surface area contributed by atoms with Gasteiger partial charge in [-0.05, 0) is 40.2 Å². The van der Waals surface area contributed by atoms with Gasteiger partial charge in [0.15, 0.2) is 0 Å². The Morgan fingerprint density at radius 2 is 1.79 bits per heavy atom. The lowest BCUT2D eigenvalue weighted by atomic mass is 10.1. The van der Waals surface area contributed by atoms with E-state index in [2.05, 4.69) is 15.5 Å². The summed E-state index contributed by atoms with van der Waals surface area (Å²) in [5, 5.41) is 11.1. The van der Waals surface area contributed by atoms with Crippen molar-refractivity contribution in [3.63, 3.8) is 0 Å². The highest BCUT2D eigenvalue weighted by atomic mass is 16.6. The van der Waals surface area contributed by atoms with Crippen LogP contribution in [0.5, 0.6) is 0 Å². The van der Waals surface area contributed by atoms with Crippen LogP contribution < -0.4 is 11.1 Å². The van der Waals surface area contributed by atoms with E-state index in [1.165, 1.54) is 0 Å². The predicted octanol–water partition coefficient (Wildman–Crippen LogP) is 1.61. The molecular formula is C21H31N5O3. The van der Waals surface area contributed by atoms with E-state index < -0.39 is 29.6 Å². The maximum Gasteiger partial charge on any atom is 0.328 e. The molecule has 29 heavy (non-hydrogen) atoms. The largest absolute Gasteiger partial charge is 0.458 e. The second kappa shape index (κ2) is 9.65. The summed E-state index contributed by atoms with van der Waals surface area (Å²) in [6.45, 7) is 9.57. The molecule has 0 radical (unpaired) electrons. The number of carbonyl (C=O) groups is 2. The lowest BCUT2D eigenvalue weighted by Crippen LogP contribution is -2.49. The smallest absolute Gasteiger partial charge is 0.328 e. The van der Waals surface area contributed by atoms with Crippen LogP contribution in [0.4, 0.5) is 0 Å². The Morgan fingerprint density at radius 3 is 2.38 bits per heavy atom. The van der Waals surface area contributed by atoms with E-state index in [0.717, 1.165) is 11.4 Å². The van der Waals surface area contributed by atoms with E-state index in [-0.39, 0.29) is 6.42 Å². The Bertz CT molecular complexity index is 827. The quantitative estimate of drug-likeness (QED) is 0.650. The van der Waals surface area contributed by atoms with Crippen LogP contribution in [-0.2, 0) is 33.7 Å². The minimum atomic E-state index is -0.848. The number of nitrogens with two attached hydrogens (primary N) is 1. The molecule has 0 bridgehead atoms. The van der Waals surface area contributed by atoms with Gasteiger partial charge >= 0.3 is 5.97 Å². The summed E-state index contributed by atoms with van der Waals surface area (Å²) in [6, 6.07) is 8.36. The molecule has 0 aliphatic rings. The van der Waals surface area contributed by atoms with E-state index in [1.54, 1.807) is 27.7 Å². The van der Waals surface area contributed by atoms with E-state index in [9.17, 15) is 9.59 Å². The Morgan fingerprint density at radius 1 is 1.17 bits per heavy atom. The second-order valence-corrected chi connectivity index (χ2v) is 8.01. The number of rotatable bonds is 8. The highest BCUT2D eigenvalue weighted by molar-refractivity contribution is 5.87. The highest BCUT2D eigenvalue weighted by Gasteiger charge is 2.26. The van der Waals surface area contributed by atoms with Gasteiger partial charge in [-0.2, -0.15) is 0 Å². The number of benzene rings is 1. The highest BCUT2D eigenvalue weighted by Crippen LogP contribution is 2.11. The zero-order chi connectivity index (χ0) is 21.6. The van der Waals surface area contributed by atoms with Crippen molar-refractivity contribution in [2.45, 2.75) is 71.7 Å². The molecule has 1 amide bonds. The molecule has 2 atom stereocenters. The first kappa shape index (κ1) is 22.5. The normalized spacial score (nSPS) is 13.6. The molecule has 0 aliphatic heterocycles. The number of amides is 1. The zero-order valence-corrected chi connectivity index (χ0v) is 17.8. The number of hydrogen-bond donors (Lipinski definition) is 2. The van der Waals surface area contributed by atoms with Crippen LogP contribution >= 0.6 is 0 Å². The summed E-state index contributed by atoms with van der Waals surface area (Å²) in [5.74, 6) is 0.535. The summed E-state index contributed by atoms with van der Waals surface area (Å²) in [7, 11) is 0. The van der Waals surface area contributed by atoms with Crippen molar-refractivity contribution < 1.29 is 14.3 Å². The monoisotopic (exact) mass is 401 g/mol. The Hall–Kier alpha value is -2.74. The minimum absolute atomic E-state index is 0.225. The molecule has 0 fully saturated rings. The van der Waals surface area contributed by atoms with Crippen LogP contribution in [0, 0.1) is 0 Å². The van der Waals surface area contributed by atoms with E-state index >= 15 is 0 Å². The third-order valence-corrected chi connectivity index (χ3v) is 4.28. The summed E-state index contributed by atoms with van der Waals surface area (Å²) in [6.07, 6.45) is 0.876. The average Bonchev–Trinajstić information content (AvgIpc) is 3.02. The maximum absolute atomic E-state index is 12.4. The predicted molar refractivity (Wildman–Crippen MR) is 110 cm³/mol. The van der Waals surface area contributed by atoms with Gasteiger partial charge in [0.25, 0.3) is 0 Å². The van der Waals surface area contributed by atoms with Gasteiger partial charge < -0.3 is 20.4 Å². The Kier molecular flexibility index (Phi) is 7.50. The maximum atomic E-state index is 12.4. The van der Waals surface area contributed by atoms with Gasteiger partial charge in [0.1, 0.15) is 23.3 Å². The molecule has 158 valence electrons. The molecule has 2 aromatic rings. The van der Waals surface area contributed by atoms with Gasteiger partial charge in [-0.25, -0.2) is 4.79 Å². The lowest BCUT2D eigenvalue weighted by molar-refractivity contribution is -0.158. The van der Waals surface area contributed by atoms with Crippen LogP contribution in [-0.4, -0.2) is 44.3 Å². The number of nitrogens with zero attached hydrogens (tertiary/aromatic N) is 3. The lowest BCUT2D eigenvalue weighted by Gasteiger charge is -2.23. The van der Waals surface area contributed by atoms with Gasteiger partial charge in [-0.15, -0.1) is 10.2 Å². The molecule has 8 nitrogen and oxygen atoms in total. The van der Waals surface area contributed by atoms with Gasteiger partial charge in [-0.1, -0.05) is 30.3 Å². The Balaban J connectivity index is 2.00. The van der Waals surface area contributed by atoms with Crippen molar-refractivity contribution >= 4 is 11.9 Å². The standard InChI is InChI=1S/C21H31N5O3/c1-6-26-17(12-15-10-8-7-9-11-15)24-25-18(26)13-16(22)19(27)23-14(2)20(28)29-21(3,4)5/h7-11,14,16H,6,12-13,22H2,1-5H3,(H,23,27)/t14-,16-/m0/s1. The summed E-state index contributed by atoms with van der Waals surface area (Å²) in [5.41, 5.74) is 6.58. The number of carbonyl (C=O) groups excluding carboxylic acids is 2. The van der Waals surface area contributed by atoms with Crippen molar-refractivity contribution in [1.29, 1.82) is 0 Å². The molecule has 8 heteroatoms. The molecule has 1 aromatic heterocycles. The Labute approximate surface area is 171 Å². The van der Waals surface area contributed by atoms with Crippen molar-refractivity contribution in [3.05, 3.63) is 47.5 Å². The van der Waals surface area contributed by atoms with Gasteiger partial charge in [-0.3, -0.25) is 4.79 Å². The van der Waals surface area contributed by atoms with Crippen LogP contribution in [0.1, 0.15) is 51.8 Å². The van der Waals surface area contributed by atoms with Crippen molar-refractivity contribution in [3.8, 4) is 0 Å². The molecule has 3 N–H and O–H groups in total. The van der Waals surface area contributed by atoms with Crippen LogP contribution in [0.2, 0.25) is 0 Å². The summed E-state index contributed by atoms with van der Waals surface area (Å²) < 4.78 is 7.24.